The summed E-state index contributed by atoms with van der Waals surface area (Å²) in [7, 11) is 1.72. The summed E-state index contributed by atoms with van der Waals surface area (Å²) in [4.78, 5) is 0. The van der Waals surface area contributed by atoms with Gasteiger partial charge in [0.05, 0.1) is 6.61 Å². The number of nitrogens with zero attached hydrogens (tertiary/aromatic N) is 2. The highest BCUT2D eigenvalue weighted by molar-refractivity contribution is 5.22. The molecule has 4 heteroatoms. The predicted molar refractivity (Wildman–Crippen MR) is 75.7 cm³/mol. The maximum Gasteiger partial charge on any atom is 0.0713 e. The summed E-state index contributed by atoms with van der Waals surface area (Å²) in [5.41, 5.74) is 2.52. The molecule has 0 amide bonds. The first-order valence-electron chi connectivity index (χ1n) is 6.63. The summed E-state index contributed by atoms with van der Waals surface area (Å²) in [6.07, 6.45) is 4.89. The zero-order valence-electron chi connectivity index (χ0n) is 11.4. The fraction of sp³-hybridized carbons (Fsp3) is 0.400. The summed E-state index contributed by atoms with van der Waals surface area (Å²) in [5.74, 6) is 0. The van der Waals surface area contributed by atoms with Crippen molar-refractivity contribution in [2.24, 2.45) is 0 Å². The molecule has 0 bridgehead atoms. The van der Waals surface area contributed by atoms with E-state index in [2.05, 4.69) is 34.7 Å². The van der Waals surface area contributed by atoms with E-state index in [4.69, 9.17) is 4.74 Å². The van der Waals surface area contributed by atoms with Gasteiger partial charge in [-0.2, -0.15) is 5.10 Å². The second-order valence-corrected chi connectivity index (χ2v) is 4.55. The van der Waals surface area contributed by atoms with Crippen LogP contribution in [0.15, 0.2) is 42.7 Å². The van der Waals surface area contributed by atoms with Gasteiger partial charge in [-0.25, -0.2) is 0 Å². The second kappa shape index (κ2) is 7.71. The van der Waals surface area contributed by atoms with Crippen LogP contribution in [0.2, 0.25) is 0 Å². The third-order valence-electron chi connectivity index (χ3n) is 2.93. The highest BCUT2D eigenvalue weighted by atomic mass is 16.5. The molecule has 19 heavy (non-hydrogen) atoms. The topological polar surface area (TPSA) is 39.1 Å². The van der Waals surface area contributed by atoms with Gasteiger partial charge in [0.1, 0.15) is 0 Å². The molecule has 0 fully saturated rings. The number of aryl methyl sites for hydroxylation is 1. The van der Waals surface area contributed by atoms with Gasteiger partial charge in [0.25, 0.3) is 0 Å². The molecule has 0 radical (unpaired) electrons. The molecule has 1 heterocycles. The molecule has 0 aliphatic rings. The summed E-state index contributed by atoms with van der Waals surface area (Å²) in [6.45, 7) is 3.53. The molecule has 0 spiro atoms. The Morgan fingerprint density at radius 2 is 2.16 bits per heavy atom. The van der Waals surface area contributed by atoms with Crippen molar-refractivity contribution in [3.8, 4) is 0 Å². The second-order valence-electron chi connectivity index (χ2n) is 4.55. The average molecular weight is 259 g/mol. The van der Waals surface area contributed by atoms with Crippen LogP contribution < -0.4 is 5.32 Å². The van der Waals surface area contributed by atoms with Gasteiger partial charge < -0.3 is 10.1 Å². The Morgan fingerprint density at radius 3 is 2.95 bits per heavy atom. The van der Waals surface area contributed by atoms with Crippen molar-refractivity contribution >= 4 is 0 Å². The van der Waals surface area contributed by atoms with Crippen LogP contribution in [0.1, 0.15) is 17.5 Å². The van der Waals surface area contributed by atoms with Crippen LogP contribution in [0.3, 0.4) is 0 Å². The van der Waals surface area contributed by atoms with Gasteiger partial charge in [0.2, 0.25) is 0 Å². The molecule has 1 N–H and O–H groups in total. The zero-order chi connectivity index (χ0) is 13.3. The molecule has 0 unspecified atom stereocenters. The monoisotopic (exact) mass is 259 g/mol. The highest BCUT2D eigenvalue weighted by Crippen LogP contribution is 2.06. The van der Waals surface area contributed by atoms with Gasteiger partial charge >= 0.3 is 0 Å². The predicted octanol–water partition coefficient (Wildman–Crippen LogP) is 2.21. The molecule has 4 nitrogen and oxygen atoms in total. The number of hydrogen-bond donors (Lipinski definition) is 1. The van der Waals surface area contributed by atoms with Gasteiger partial charge in [-0.1, -0.05) is 24.3 Å². The molecular weight excluding hydrogens is 238 g/mol. The first kappa shape index (κ1) is 13.8. The van der Waals surface area contributed by atoms with Crippen molar-refractivity contribution in [3.05, 3.63) is 53.9 Å². The summed E-state index contributed by atoms with van der Waals surface area (Å²) in [6, 6.07) is 10.4. The maximum absolute atomic E-state index is 5.14. The number of hydrogen-bond acceptors (Lipinski definition) is 3. The van der Waals surface area contributed by atoms with Crippen molar-refractivity contribution in [3.63, 3.8) is 0 Å². The Balaban J connectivity index is 1.66. The number of aromatic nitrogens is 2. The standard InChI is InChI=1S/C15H21N3O/c1-19-13-15-6-2-5-14(11-15)12-16-7-3-9-18-10-4-8-17-18/h2,4-6,8,10-11,16H,3,7,9,12-13H2,1H3. The van der Waals surface area contributed by atoms with E-state index in [0.717, 1.165) is 26.1 Å². The Morgan fingerprint density at radius 1 is 1.26 bits per heavy atom. The molecule has 0 aliphatic heterocycles. The van der Waals surface area contributed by atoms with Gasteiger partial charge in [-0.15, -0.1) is 0 Å². The van der Waals surface area contributed by atoms with Crippen LogP contribution in [0.4, 0.5) is 0 Å². The van der Waals surface area contributed by atoms with E-state index in [1.165, 1.54) is 11.1 Å². The largest absolute Gasteiger partial charge is 0.380 e. The lowest BCUT2D eigenvalue weighted by molar-refractivity contribution is 0.185. The molecule has 0 aliphatic carbocycles. The lowest BCUT2D eigenvalue weighted by Gasteiger charge is -2.07. The molecule has 1 aromatic carbocycles. The Bertz CT molecular complexity index is 468. The first-order chi connectivity index (χ1) is 9.38. The van der Waals surface area contributed by atoms with Gasteiger partial charge in [0.15, 0.2) is 0 Å². The van der Waals surface area contributed by atoms with Gasteiger partial charge in [-0.3, -0.25) is 4.68 Å². The molecule has 0 saturated heterocycles. The lowest BCUT2D eigenvalue weighted by Crippen LogP contribution is -2.16. The van der Waals surface area contributed by atoms with Crippen LogP contribution in [-0.4, -0.2) is 23.4 Å². The summed E-state index contributed by atoms with van der Waals surface area (Å²) >= 11 is 0. The molecule has 102 valence electrons. The summed E-state index contributed by atoms with van der Waals surface area (Å²) in [5, 5.41) is 7.63. The van der Waals surface area contributed by atoms with Crippen LogP contribution in [-0.2, 0) is 24.4 Å². The fourth-order valence-electron chi connectivity index (χ4n) is 2.03. The Labute approximate surface area is 114 Å². The van der Waals surface area contributed by atoms with E-state index < -0.39 is 0 Å². The number of ether oxygens (including phenoxy) is 1. The van der Waals surface area contributed by atoms with Gasteiger partial charge in [-0.05, 0) is 30.2 Å². The third kappa shape index (κ3) is 4.85. The highest BCUT2D eigenvalue weighted by Gasteiger charge is 1.96. The lowest BCUT2D eigenvalue weighted by atomic mass is 10.1. The van der Waals surface area contributed by atoms with Crippen LogP contribution in [0.5, 0.6) is 0 Å². The normalized spacial score (nSPS) is 10.8. The Kier molecular flexibility index (Phi) is 5.59. The molecule has 2 aromatic rings. The maximum atomic E-state index is 5.14. The molecular formula is C15H21N3O. The molecule has 2 rings (SSSR count). The van der Waals surface area contributed by atoms with Crippen molar-refractivity contribution in [1.82, 2.24) is 15.1 Å². The van der Waals surface area contributed by atoms with E-state index in [1.54, 1.807) is 7.11 Å². The number of nitrogens with one attached hydrogen (secondary N) is 1. The molecule has 0 atom stereocenters. The van der Waals surface area contributed by atoms with E-state index >= 15 is 0 Å². The average Bonchev–Trinajstić information content (AvgIpc) is 2.92. The number of methoxy groups -OCH3 is 1. The van der Waals surface area contributed by atoms with Crippen molar-refractivity contribution in [2.75, 3.05) is 13.7 Å². The Hall–Kier alpha value is -1.65. The minimum absolute atomic E-state index is 0.674. The minimum Gasteiger partial charge on any atom is -0.380 e. The zero-order valence-corrected chi connectivity index (χ0v) is 11.4. The third-order valence-corrected chi connectivity index (χ3v) is 2.93. The van der Waals surface area contributed by atoms with Gasteiger partial charge in [0, 0.05) is 32.6 Å². The molecule has 1 aromatic heterocycles. The van der Waals surface area contributed by atoms with E-state index in [-0.39, 0.29) is 0 Å². The quantitative estimate of drug-likeness (QED) is 0.739. The first-order valence-corrected chi connectivity index (χ1v) is 6.63. The van der Waals surface area contributed by atoms with Crippen LogP contribution in [0.25, 0.3) is 0 Å². The molecule has 0 saturated carbocycles. The number of benzene rings is 1. The van der Waals surface area contributed by atoms with Crippen molar-refractivity contribution < 1.29 is 4.74 Å². The van der Waals surface area contributed by atoms with E-state index in [1.807, 2.05) is 23.1 Å². The summed E-state index contributed by atoms with van der Waals surface area (Å²) < 4.78 is 7.10. The fourth-order valence-corrected chi connectivity index (χ4v) is 2.03. The van der Waals surface area contributed by atoms with Crippen LogP contribution >= 0.6 is 0 Å². The van der Waals surface area contributed by atoms with E-state index in [0.29, 0.717) is 6.61 Å². The minimum atomic E-state index is 0.674. The van der Waals surface area contributed by atoms with Crippen molar-refractivity contribution in [1.29, 1.82) is 0 Å². The number of rotatable bonds is 8. The van der Waals surface area contributed by atoms with Crippen molar-refractivity contribution in [2.45, 2.75) is 26.1 Å². The van der Waals surface area contributed by atoms with E-state index in [9.17, 15) is 0 Å². The SMILES string of the molecule is COCc1cccc(CNCCCn2cccn2)c1. The van der Waals surface area contributed by atoms with Crippen LogP contribution in [0, 0.1) is 0 Å². The smallest absolute Gasteiger partial charge is 0.0713 e.